The number of ether oxygens (including phenoxy) is 7. The van der Waals surface area contributed by atoms with Gasteiger partial charge in [0.15, 0.2) is 13.5 Å². The van der Waals surface area contributed by atoms with E-state index in [9.17, 15) is 50.5 Å². The second kappa shape index (κ2) is 31.8. The van der Waals surface area contributed by atoms with E-state index >= 15 is 0 Å². The summed E-state index contributed by atoms with van der Waals surface area (Å²) < 4.78 is 102. The summed E-state index contributed by atoms with van der Waals surface area (Å²) in [7, 11) is 0. The second-order valence-corrected chi connectivity index (χ2v) is 22.4. The molecule has 3 aliphatic rings. The monoisotopic (exact) mass is 1060 g/mol. The Hall–Kier alpha value is -4.79. The number of isocyanates is 1. The van der Waals surface area contributed by atoms with Crippen molar-refractivity contribution in [3.05, 3.63) is 0 Å². The minimum absolute atomic E-state index is 0.00790. The number of rotatable bonds is 24. The SMILES string of the molecule is CC1(C)CC(NC(=O)OCCCCOCCOC(=O)NCC2(C)CC(NC(=O)OCF)CC(C)(C)C2)CC(C)(CN=C=O)C1.CC1(C)CC(NC(=O)OCCF)CC(C)(COC#N)C1.FCOC(F)(F)COF. The van der Waals surface area contributed by atoms with Gasteiger partial charge in [-0.2, -0.15) is 19.0 Å². The van der Waals surface area contributed by atoms with E-state index in [0.29, 0.717) is 52.0 Å². The number of carbonyl (C=O) groups excluding carboxylic acids is 5. The lowest BCUT2D eigenvalue weighted by atomic mass is 9.62. The standard InChI is InChI=1S/C31H53FN4O8.C14H23FN2O3.C3H4F4O2/c1-28(2)13-23(15-30(5,17-28)19-33-22-37)35-26(39)42-10-8-7-9-41-11-12-43-25(38)34-20-31(6)16-24(14-29(3,4)18-31)36-27(40)44-21-32;1-13(2)6-11(17-12(18)20-5-4-15)7-14(3,8-13)9-19-10-16;4-2-8-3(5,6)1-9-7/h23-24H,7-21H2,1-6H3,(H,34,38)(H,35,39)(H,36,40);11H,4-9H2,1-3H3,(H,17,18);1-2H2. The van der Waals surface area contributed by atoms with E-state index in [0.717, 1.165) is 44.9 Å². The number of unbranched alkanes of at least 4 members (excludes halogenated alkanes) is 1. The lowest BCUT2D eigenvalue weighted by Gasteiger charge is -2.46. The van der Waals surface area contributed by atoms with Crippen LogP contribution in [0.4, 0.5) is 45.7 Å². The van der Waals surface area contributed by atoms with Crippen molar-refractivity contribution in [2.45, 2.75) is 157 Å². The van der Waals surface area contributed by atoms with Gasteiger partial charge >= 0.3 is 30.5 Å². The maximum absolute atomic E-state index is 12.3. The van der Waals surface area contributed by atoms with Gasteiger partial charge in [-0.3, -0.25) is 4.74 Å². The molecule has 0 spiro atoms. The van der Waals surface area contributed by atoms with Crippen LogP contribution in [0.2, 0.25) is 0 Å². The number of nitrogens with one attached hydrogen (secondary N) is 4. The maximum atomic E-state index is 12.3. The van der Waals surface area contributed by atoms with Crippen molar-refractivity contribution in [1.82, 2.24) is 21.3 Å². The van der Waals surface area contributed by atoms with Crippen LogP contribution in [-0.4, -0.2) is 134 Å². The Labute approximate surface area is 425 Å². The predicted octanol–water partition coefficient (Wildman–Crippen LogP) is 9.58. The van der Waals surface area contributed by atoms with Crippen LogP contribution in [0, 0.1) is 44.0 Å². The molecule has 6 unspecified atom stereocenters. The zero-order chi connectivity index (χ0) is 55.4. The number of nitrogens with zero attached hydrogens (tertiary/aromatic N) is 2. The van der Waals surface area contributed by atoms with Crippen molar-refractivity contribution in [2.75, 3.05) is 79.7 Å². The zero-order valence-electron chi connectivity index (χ0n) is 44.0. The highest BCUT2D eigenvalue weighted by Crippen LogP contribution is 2.48. The highest BCUT2D eigenvalue weighted by Gasteiger charge is 2.45. The van der Waals surface area contributed by atoms with Crippen LogP contribution in [0.1, 0.15) is 133 Å². The van der Waals surface area contributed by atoms with Crippen LogP contribution in [0.25, 0.3) is 0 Å². The lowest BCUT2D eigenvalue weighted by molar-refractivity contribution is -0.312. The first-order chi connectivity index (χ1) is 34.0. The highest BCUT2D eigenvalue weighted by atomic mass is 19.3. The Kier molecular flexibility index (Phi) is 28.9. The van der Waals surface area contributed by atoms with E-state index in [-0.39, 0.29) is 77.0 Å². The first kappa shape index (κ1) is 66.2. The van der Waals surface area contributed by atoms with Crippen molar-refractivity contribution in [3.63, 3.8) is 0 Å². The number of aliphatic imine (C=N–C) groups is 1. The van der Waals surface area contributed by atoms with Gasteiger partial charge in [0.1, 0.15) is 26.5 Å². The van der Waals surface area contributed by atoms with Crippen molar-refractivity contribution in [1.29, 1.82) is 5.26 Å². The molecular formula is C48H80F6N6O13. The van der Waals surface area contributed by atoms with Gasteiger partial charge < -0.3 is 49.7 Å². The molecule has 0 aromatic heterocycles. The average molecular weight is 1060 g/mol. The van der Waals surface area contributed by atoms with Crippen molar-refractivity contribution < 1.29 is 88.6 Å². The normalized spacial score (nSPS) is 25.6. The largest absolute Gasteiger partial charge is 0.450 e. The smallest absolute Gasteiger partial charge is 0.409 e. The van der Waals surface area contributed by atoms with Crippen molar-refractivity contribution >= 4 is 30.5 Å². The first-order valence-electron chi connectivity index (χ1n) is 24.3. The third kappa shape index (κ3) is 29.6. The van der Waals surface area contributed by atoms with Gasteiger partial charge in [-0.1, -0.05) is 62.3 Å². The molecule has 0 aliphatic heterocycles. The number of amides is 4. The summed E-state index contributed by atoms with van der Waals surface area (Å²) in [4.78, 5) is 64.7. The predicted molar refractivity (Wildman–Crippen MR) is 252 cm³/mol. The molecule has 0 heterocycles. The molecule has 0 saturated heterocycles. The third-order valence-corrected chi connectivity index (χ3v) is 12.3. The minimum atomic E-state index is -3.87. The van der Waals surface area contributed by atoms with E-state index < -0.39 is 57.5 Å². The van der Waals surface area contributed by atoms with Gasteiger partial charge in [0.2, 0.25) is 12.9 Å². The Bertz CT molecular complexity index is 1770. The quantitative estimate of drug-likeness (QED) is 0.0176. The van der Waals surface area contributed by atoms with E-state index in [2.05, 4.69) is 89.1 Å². The average Bonchev–Trinajstić information content (AvgIpc) is 3.24. The van der Waals surface area contributed by atoms with Gasteiger partial charge in [0.25, 0.3) is 6.26 Å². The number of hydrogen-bond donors (Lipinski definition) is 4. The molecule has 25 heteroatoms. The molecule has 0 aromatic carbocycles. The van der Waals surface area contributed by atoms with Crippen molar-refractivity contribution in [3.8, 4) is 6.26 Å². The van der Waals surface area contributed by atoms with E-state index in [4.69, 9.17) is 28.9 Å². The summed E-state index contributed by atoms with van der Waals surface area (Å²) in [5.41, 5.74) is -0.684. The fraction of sp³-hybridized carbons (Fsp3) is 0.875. The number of nitriles is 1. The molecule has 73 heavy (non-hydrogen) atoms. The summed E-state index contributed by atoms with van der Waals surface area (Å²) >= 11 is 0. The maximum Gasteiger partial charge on any atom is 0.409 e. The van der Waals surface area contributed by atoms with Gasteiger partial charge in [-0.05, 0) is 102 Å². The highest BCUT2D eigenvalue weighted by molar-refractivity contribution is 5.68. The van der Waals surface area contributed by atoms with Crippen LogP contribution in [-0.2, 0) is 42.9 Å². The fourth-order valence-electron chi connectivity index (χ4n) is 11.1. The molecule has 4 N–H and O–H groups in total. The topological polar surface area (TPSA) is 243 Å². The van der Waals surface area contributed by atoms with Crippen LogP contribution in [0.3, 0.4) is 0 Å². The molecule has 3 saturated carbocycles. The molecule has 422 valence electrons. The molecule has 0 aromatic rings. The van der Waals surface area contributed by atoms with E-state index in [1.54, 1.807) is 12.3 Å². The van der Waals surface area contributed by atoms with Crippen LogP contribution in [0.5, 0.6) is 0 Å². The lowest BCUT2D eigenvalue weighted by Crippen LogP contribution is -2.50. The number of halogens is 6. The summed E-state index contributed by atoms with van der Waals surface area (Å²) in [6.07, 6.45) is 5.47. The van der Waals surface area contributed by atoms with Crippen LogP contribution < -0.4 is 21.3 Å². The zero-order valence-corrected chi connectivity index (χ0v) is 44.0. The van der Waals surface area contributed by atoms with Gasteiger partial charge in [-0.25, -0.2) is 42.1 Å². The summed E-state index contributed by atoms with van der Waals surface area (Å²) in [6, 6.07) is -0.299. The summed E-state index contributed by atoms with van der Waals surface area (Å²) in [5, 5.41) is 19.8. The summed E-state index contributed by atoms with van der Waals surface area (Å²) in [6.45, 7) is 15.7. The molecule has 3 rings (SSSR count). The molecule has 0 bridgehead atoms. The number of hydrogen-bond acceptors (Lipinski definition) is 15. The molecule has 4 amide bonds. The second-order valence-electron chi connectivity index (χ2n) is 22.4. The summed E-state index contributed by atoms with van der Waals surface area (Å²) in [5.74, 6) is 0. The Morgan fingerprint density at radius 3 is 1.62 bits per heavy atom. The number of alkyl carbamates (subject to hydrolysis) is 4. The fourth-order valence-corrected chi connectivity index (χ4v) is 11.1. The van der Waals surface area contributed by atoms with E-state index in [1.165, 1.54) is 0 Å². The van der Waals surface area contributed by atoms with Crippen LogP contribution in [0.15, 0.2) is 4.99 Å². The Morgan fingerprint density at radius 2 is 1.11 bits per heavy atom. The van der Waals surface area contributed by atoms with Gasteiger partial charge in [-0.15, -0.1) is 0 Å². The molecule has 6 atom stereocenters. The number of alkyl halides is 5. The molecular weight excluding hydrogens is 983 g/mol. The number of carbonyl (C=O) groups is 4. The third-order valence-electron chi connectivity index (χ3n) is 12.3. The molecule has 19 nitrogen and oxygen atoms in total. The molecule has 3 aliphatic carbocycles. The molecule has 0 radical (unpaired) electrons. The minimum Gasteiger partial charge on any atom is -0.450 e. The van der Waals surface area contributed by atoms with Gasteiger partial charge in [0, 0.05) is 36.7 Å². The molecule has 3 fully saturated rings. The van der Waals surface area contributed by atoms with Crippen molar-refractivity contribution in [2.24, 2.45) is 37.5 Å². The van der Waals surface area contributed by atoms with Gasteiger partial charge in [0.05, 0.1) is 19.8 Å². The Morgan fingerprint density at radius 1 is 0.630 bits per heavy atom. The first-order valence-corrected chi connectivity index (χ1v) is 24.3. The Balaban J connectivity index is 0.000000750. The van der Waals surface area contributed by atoms with Crippen LogP contribution >= 0.6 is 0 Å². The van der Waals surface area contributed by atoms with E-state index in [1.807, 2.05) is 13.8 Å².